The number of hydrogen-bond acceptors (Lipinski definition) is 22. The quantitative estimate of drug-likeness (QED) is 0.0385. The molecule has 24 heteroatoms. The van der Waals surface area contributed by atoms with Gasteiger partial charge in [0.25, 0.3) is 0 Å². The van der Waals surface area contributed by atoms with Gasteiger partial charge in [0.05, 0.1) is 23.0 Å². The van der Waals surface area contributed by atoms with Crippen molar-refractivity contribution in [1.82, 2.24) is 40.5 Å². The zero-order chi connectivity index (χ0) is 49.7. The number of anilines is 6. The Kier molecular flexibility index (Phi) is 15.9. The van der Waals surface area contributed by atoms with E-state index in [-0.39, 0.29) is 119 Å². The van der Waals surface area contributed by atoms with Gasteiger partial charge in [-0.1, -0.05) is 24.3 Å². The highest BCUT2D eigenvalue weighted by atomic mass is 32.2. The molecule has 2 aromatic heterocycles. The normalized spacial score (nSPS) is 18.2. The highest BCUT2D eigenvalue weighted by Gasteiger charge is 2.39. The minimum atomic E-state index is -5.13. The fraction of sp³-hybridized carbons (Fsp3) is 0.545. The number of piperidine rings is 2. The van der Waals surface area contributed by atoms with Crippen LogP contribution >= 0.6 is 0 Å². The summed E-state index contributed by atoms with van der Waals surface area (Å²) in [6, 6.07) is 7.73. The molecule has 68 heavy (non-hydrogen) atoms. The van der Waals surface area contributed by atoms with Crippen LogP contribution in [0.1, 0.15) is 92.2 Å². The second kappa shape index (κ2) is 20.7. The van der Waals surface area contributed by atoms with Gasteiger partial charge in [0.15, 0.2) is 0 Å². The van der Waals surface area contributed by atoms with Crippen molar-refractivity contribution < 1.29 is 44.9 Å². The lowest BCUT2D eigenvalue weighted by molar-refractivity contribution is 0.140. The molecule has 2 aliphatic rings. The molecule has 372 valence electrons. The van der Waals surface area contributed by atoms with E-state index >= 15 is 0 Å². The molecule has 0 atom stereocenters. The number of hydrogen-bond donors (Lipinski definition) is 6. The Morgan fingerprint density at radius 3 is 1.22 bits per heavy atom. The van der Waals surface area contributed by atoms with E-state index in [4.69, 9.17) is 18.9 Å². The molecule has 2 saturated heterocycles. The molecular weight excluding hydrogens is 921 g/mol. The molecule has 2 aromatic carbocycles. The summed E-state index contributed by atoms with van der Waals surface area (Å²) in [5.74, 6) is 0.409. The van der Waals surface area contributed by atoms with Crippen LogP contribution in [0.4, 0.5) is 35.2 Å². The molecule has 4 aromatic rings. The van der Waals surface area contributed by atoms with Gasteiger partial charge >= 0.3 is 12.0 Å². The average Bonchev–Trinajstić information content (AvgIpc) is 3.17. The van der Waals surface area contributed by atoms with Crippen molar-refractivity contribution in [2.24, 2.45) is 0 Å². The zero-order valence-corrected chi connectivity index (χ0v) is 41.6. The number of ether oxygens (including phenoxy) is 4. The Bertz CT molecular complexity index is 2470. The van der Waals surface area contributed by atoms with Crippen molar-refractivity contribution in [2.75, 3.05) is 61.9 Å². The molecular formula is C44H62N12O10S2-2. The van der Waals surface area contributed by atoms with Gasteiger partial charge in [-0.3, -0.25) is 0 Å². The first-order chi connectivity index (χ1) is 31.7. The van der Waals surface area contributed by atoms with Crippen molar-refractivity contribution in [3.8, 4) is 12.0 Å². The van der Waals surface area contributed by atoms with Crippen LogP contribution in [-0.2, 0) is 29.7 Å². The van der Waals surface area contributed by atoms with Crippen molar-refractivity contribution in [3.63, 3.8) is 0 Å². The van der Waals surface area contributed by atoms with E-state index in [1.165, 1.54) is 50.6 Å². The predicted molar refractivity (Wildman–Crippen MR) is 255 cm³/mol. The SMILES string of the molecule is COCCOc1nc(Nc2ccc(C=Cc3ccc(Nc4nc(NC5CC(C)(C)NC(C)(C)C5)nc(OCCOC)n4)cc3S(=O)(=O)[O-])c(S(=O)(=O)[O-])c2)nc(NC2CC(C)(C)NC(C)(C)C2)n1. The van der Waals surface area contributed by atoms with E-state index in [2.05, 4.69) is 117 Å². The number of nitrogens with zero attached hydrogens (tertiary/aromatic N) is 6. The standard InChI is InChI=1S/C44H64N12O10S2/c1-41(2)23-31(24-42(3,4)55-41)47-37-49-35(51-39(53-37)65-19-17-63-9)45-29-15-13-27(33(21-29)67(57,58)59)11-12-28-14-16-30(22-34(28)68(60,61)62)46-36-50-38(54-40(52-36)66-20-18-64-10)48-32-25-43(5,6)56-44(7,8)26-32/h11-16,21-22,31-32,55-56H,17-20,23-26H2,1-10H3,(H,57,58,59)(H,60,61,62)(H2,45,47,49,51,53)(H2,46,48,50,52,54)/p-2. The third-order valence-electron chi connectivity index (χ3n) is 10.8. The van der Waals surface area contributed by atoms with Gasteiger partial charge in [-0.2, -0.15) is 29.9 Å². The topological polar surface area (TPSA) is 301 Å². The van der Waals surface area contributed by atoms with Gasteiger partial charge in [0.1, 0.15) is 33.5 Å². The average molecular weight is 983 g/mol. The molecule has 0 spiro atoms. The zero-order valence-electron chi connectivity index (χ0n) is 40.0. The Morgan fingerprint density at radius 1 is 0.559 bits per heavy atom. The number of nitrogens with one attached hydrogen (secondary N) is 6. The lowest BCUT2D eigenvalue weighted by Gasteiger charge is -2.46. The molecule has 0 aliphatic carbocycles. The molecule has 0 radical (unpaired) electrons. The van der Waals surface area contributed by atoms with E-state index in [0.29, 0.717) is 0 Å². The molecule has 22 nitrogen and oxygen atoms in total. The van der Waals surface area contributed by atoms with Gasteiger partial charge in [-0.15, -0.1) is 0 Å². The molecule has 4 heterocycles. The van der Waals surface area contributed by atoms with Gasteiger partial charge in [-0.05, 0) is 116 Å². The monoisotopic (exact) mass is 982 g/mol. The van der Waals surface area contributed by atoms with Gasteiger partial charge in [0, 0.05) is 59.8 Å². The van der Waals surface area contributed by atoms with Crippen LogP contribution in [0, 0.1) is 0 Å². The minimum absolute atomic E-state index is 0.00624. The third-order valence-corrected chi connectivity index (χ3v) is 12.6. The number of methoxy groups -OCH3 is 2. The van der Waals surface area contributed by atoms with E-state index in [1.807, 2.05) is 0 Å². The van der Waals surface area contributed by atoms with E-state index in [9.17, 15) is 25.9 Å². The highest BCUT2D eigenvalue weighted by molar-refractivity contribution is 7.86. The number of aromatic nitrogens is 6. The molecule has 0 amide bonds. The second-order valence-corrected chi connectivity index (χ2v) is 22.2. The summed E-state index contributed by atoms with van der Waals surface area (Å²) in [5, 5.41) is 19.9. The van der Waals surface area contributed by atoms with Crippen LogP contribution in [-0.4, -0.2) is 131 Å². The van der Waals surface area contributed by atoms with Crippen LogP contribution in [0.25, 0.3) is 12.2 Å². The summed E-state index contributed by atoms with van der Waals surface area (Å²) < 4.78 is 97.8. The predicted octanol–water partition coefficient (Wildman–Crippen LogP) is 5.02. The molecule has 2 fully saturated rings. The lowest BCUT2D eigenvalue weighted by Crippen LogP contribution is -2.60. The fourth-order valence-corrected chi connectivity index (χ4v) is 10.5. The Hall–Kier alpha value is -5.34. The van der Waals surface area contributed by atoms with Crippen LogP contribution in [0.15, 0.2) is 46.2 Å². The largest absolute Gasteiger partial charge is 0.744 e. The smallest absolute Gasteiger partial charge is 0.323 e. The minimum Gasteiger partial charge on any atom is -0.744 e. The molecule has 6 rings (SSSR count). The number of benzene rings is 2. The Labute approximate surface area is 398 Å². The third kappa shape index (κ3) is 15.1. The molecule has 0 bridgehead atoms. The summed E-state index contributed by atoms with van der Waals surface area (Å²) in [6.07, 6.45) is 5.48. The fourth-order valence-electron chi connectivity index (χ4n) is 9.10. The lowest BCUT2D eigenvalue weighted by atomic mass is 9.79. The first-order valence-electron chi connectivity index (χ1n) is 22.0. The maximum absolute atomic E-state index is 12.7. The van der Waals surface area contributed by atoms with Crippen LogP contribution in [0.5, 0.6) is 12.0 Å². The summed E-state index contributed by atoms with van der Waals surface area (Å²) in [6.45, 7) is 17.7. The molecule has 6 N–H and O–H groups in total. The molecule has 0 unspecified atom stereocenters. The summed E-state index contributed by atoms with van der Waals surface area (Å²) in [7, 11) is -7.20. The molecule has 0 saturated carbocycles. The van der Waals surface area contributed by atoms with Crippen molar-refractivity contribution >= 4 is 67.6 Å². The molecule has 2 aliphatic heterocycles. The number of rotatable bonds is 20. The van der Waals surface area contributed by atoms with Crippen LogP contribution in [0.3, 0.4) is 0 Å². The van der Waals surface area contributed by atoms with E-state index in [1.54, 1.807) is 0 Å². The first-order valence-corrected chi connectivity index (χ1v) is 24.8. The van der Waals surface area contributed by atoms with Gasteiger partial charge in [0.2, 0.25) is 23.8 Å². The first kappa shape index (κ1) is 52.0. The Morgan fingerprint density at radius 2 is 0.897 bits per heavy atom. The summed E-state index contributed by atoms with van der Waals surface area (Å²) in [4.78, 5) is 25.3. The van der Waals surface area contributed by atoms with E-state index in [0.717, 1.165) is 37.8 Å². The van der Waals surface area contributed by atoms with Crippen molar-refractivity contribution in [3.05, 3.63) is 47.5 Å². The van der Waals surface area contributed by atoms with Crippen LogP contribution < -0.4 is 41.4 Å². The summed E-state index contributed by atoms with van der Waals surface area (Å²) in [5.41, 5.74) is -0.644. The van der Waals surface area contributed by atoms with E-state index < -0.39 is 30.0 Å². The Balaban J connectivity index is 1.26. The maximum atomic E-state index is 12.7. The van der Waals surface area contributed by atoms with Crippen LogP contribution in [0.2, 0.25) is 0 Å². The van der Waals surface area contributed by atoms with Crippen molar-refractivity contribution in [1.29, 1.82) is 0 Å². The van der Waals surface area contributed by atoms with Gasteiger partial charge < -0.3 is 60.0 Å². The summed E-state index contributed by atoms with van der Waals surface area (Å²) >= 11 is 0. The maximum Gasteiger partial charge on any atom is 0.323 e. The van der Waals surface area contributed by atoms with Crippen molar-refractivity contribution in [2.45, 2.75) is 125 Å². The van der Waals surface area contributed by atoms with Gasteiger partial charge in [-0.25, -0.2) is 16.8 Å². The second-order valence-electron chi connectivity index (χ2n) is 19.5. The highest BCUT2D eigenvalue weighted by Crippen LogP contribution is 2.33.